The number of carboxylic acids is 3. The molecule has 1 fully saturated rings. The third-order valence-electron chi connectivity index (χ3n) is 12.5. The SMILES string of the molecule is CC(=O)N[C@@H](CC(=O)O)C(=O)N[C@@H](CCC(=O)O)C(=O)N[C@H](C(=O)N[C@@H](CCC(=O)O)C(=O)N[C@@H](CC1CCCCC1)C(=O)N[C@@H](CS)C(=O)NCCc1ccc([N+](=O)[O-])cc1)C(c1ccccc1)c1ccccc1. The number of nitro groups is 1. The molecule has 3 aromatic carbocycles. The zero-order valence-corrected chi connectivity index (χ0v) is 42.1. The highest BCUT2D eigenvalue weighted by molar-refractivity contribution is 7.80. The number of amides is 7. The molecule has 7 amide bonds. The number of carbonyl (C=O) groups is 10. The largest absolute Gasteiger partial charge is 0.481 e. The van der Waals surface area contributed by atoms with Gasteiger partial charge < -0.3 is 52.5 Å². The second kappa shape index (κ2) is 30.3. The Morgan fingerprint density at radius 2 is 1.07 bits per heavy atom. The van der Waals surface area contributed by atoms with Crippen LogP contribution in [0.1, 0.15) is 100 Å². The van der Waals surface area contributed by atoms with Crippen molar-refractivity contribution in [3.8, 4) is 0 Å². The van der Waals surface area contributed by atoms with Crippen molar-refractivity contribution in [1.82, 2.24) is 37.2 Å². The molecule has 0 aromatic heterocycles. The van der Waals surface area contributed by atoms with E-state index in [2.05, 4.69) is 49.8 Å². The number of benzene rings is 3. The first kappa shape index (κ1) is 59.7. The fourth-order valence-corrected chi connectivity index (χ4v) is 8.91. The van der Waals surface area contributed by atoms with Gasteiger partial charge in [0.1, 0.15) is 36.3 Å². The predicted molar refractivity (Wildman–Crippen MR) is 273 cm³/mol. The maximum absolute atomic E-state index is 15.0. The van der Waals surface area contributed by atoms with Crippen molar-refractivity contribution in [1.29, 1.82) is 0 Å². The summed E-state index contributed by atoms with van der Waals surface area (Å²) in [5.41, 5.74) is 1.51. The summed E-state index contributed by atoms with van der Waals surface area (Å²) >= 11 is 4.29. The fraction of sp³-hybridized carbons (Fsp3) is 0.451. The highest BCUT2D eigenvalue weighted by Gasteiger charge is 2.39. The first-order valence-corrected chi connectivity index (χ1v) is 25.1. The van der Waals surface area contributed by atoms with E-state index in [1.165, 1.54) is 12.1 Å². The predicted octanol–water partition coefficient (Wildman–Crippen LogP) is 2.12. The van der Waals surface area contributed by atoms with Gasteiger partial charge >= 0.3 is 17.9 Å². The Morgan fingerprint density at radius 3 is 1.56 bits per heavy atom. The van der Waals surface area contributed by atoms with Crippen LogP contribution in [-0.2, 0) is 54.4 Å². The zero-order valence-electron chi connectivity index (χ0n) is 41.2. The summed E-state index contributed by atoms with van der Waals surface area (Å²) in [6, 6.07) is 13.1. The Morgan fingerprint density at radius 1 is 0.587 bits per heavy atom. The molecule has 0 heterocycles. The van der Waals surface area contributed by atoms with E-state index in [1.54, 1.807) is 72.8 Å². The van der Waals surface area contributed by atoms with Gasteiger partial charge in [0.25, 0.3) is 5.69 Å². The van der Waals surface area contributed by atoms with Crippen LogP contribution in [0.3, 0.4) is 0 Å². The molecule has 1 aliphatic carbocycles. The summed E-state index contributed by atoms with van der Waals surface area (Å²) in [4.78, 5) is 143. The van der Waals surface area contributed by atoms with Crippen molar-refractivity contribution < 1.29 is 68.2 Å². The molecular weight excluding hydrogens is 997 g/mol. The van der Waals surface area contributed by atoms with Crippen LogP contribution in [0.25, 0.3) is 0 Å². The Kier molecular flexibility index (Phi) is 24.1. The molecule has 1 saturated carbocycles. The van der Waals surface area contributed by atoms with Crippen molar-refractivity contribution in [3.63, 3.8) is 0 Å². The highest BCUT2D eigenvalue weighted by Crippen LogP contribution is 2.30. The average molecular weight is 1060 g/mol. The lowest BCUT2D eigenvalue weighted by atomic mass is 9.84. The molecule has 0 saturated heterocycles. The molecule has 23 nitrogen and oxygen atoms in total. The molecule has 24 heteroatoms. The number of hydrogen-bond acceptors (Lipinski definition) is 13. The number of nitro benzene ring substituents is 1. The molecule has 4 rings (SSSR count). The average Bonchev–Trinajstić information content (AvgIpc) is 3.37. The molecule has 404 valence electrons. The number of thiol groups is 1. The van der Waals surface area contributed by atoms with E-state index in [9.17, 15) is 73.4 Å². The van der Waals surface area contributed by atoms with Gasteiger partial charge in [0.2, 0.25) is 41.4 Å². The van der Waals surface area contributed by atoms with Gasteiger partial charge in [0.15, 0.2) is 0 Å². The number of nitrogens with zero attached hydrogens (tertiary/aromatic N) is 1. The molecule has 0 unspecified atom stereocenters. The van der Waals surface area contributed by atoms with Gasteiger partial charge in [-0.15, -0.1) is 0 Å². The topological polar surface area (TPSA) is 359 Å². The number of hydrogen-bond donors (Lipinski definition) is 11. The van der Waals surface area contributed by atoms with Gasteiger partial charge in [-0.05, 0) is 48.3 Å². The monoisotopic (exact) mass is 1060 g/mol. The normalized spacial score (nSPS) is 14.8. The Bertz CT molecular complexity index is 2420. The smallest absolute Gasteiger partial charge is 0.305 e. The van der Waals surface area contributed by atoms with E-state index < -0.39 is 138 Å². The third-order valence-corrected chi connectivity index (χ3v) is 12.8. The molecule has 1 aliphatic rings. The van der Waals surface area contributed by atoms with E-state index >= 15 is 0 Å². The molecule has 0 radical (unpaired) electrons. The van der Waals surface area contributed by atoms with Crippen LogP contribution >= 0.6 is 12.6 Å². The minimum absolute atomic E-state index is 0.0452. The van der Waals surface area contributed by atoms with Crippen LogP contribution in [0.5, 0.6) is 0 Å². The summed E-state index contributed by atoms with van der Waals surface area (Å²) in [6.45, 7) is 1.13. The van der Waals surface area contributed by atoms with Crippen LogP contribution in [0.4, 0.5) is 5.69 Å². The summed E-state index contributed by atoms with van der Waals surface area (Å²) in [5.74, 6) is -12.0. The number of rotatable bonds is 30. The maximum atomic E-state index is 15.0. The number of carboxylic acid groups (broad SMARTS) is 3. The first-order valence-electron chi connectivity index (χ1n) is 24.4. The Balaban J connectivity index is 1.68. The third kappa shape index (κ3) is 20.2. The lowest BCUT2D eigenvalue weighted by Crippen LogP contribution is -2.61. The van der Waals surface area contributed by atoms with Crippen LogP contribution in [-0.4, -0.2) is 128 Å². The van der Waals surface area contributed by atoms with Gasteiger partial charge in [0.05, 0.1) is 11.3 Å². The Labute approximate surface area is 437 Å². The van der Waals surface area contributed by atoms with Gasteiger partial charge in [0, 0.05) is 50.1 Å². The van der Waals surface area contributed by atoms with Gasteiger partial charge in [-0.1, -0.05) is 105 Å². The summed E-state index contributed by atoms with van der Waals surface area (Å²) < 4.78 is 0. The highest BCUT2D eigenvalue weighted by atomic mass is 32.1. The Hall–Kier alpha value is -7.89. The lowest BCUT2D eigenvalue weighted by molar-refractivity contribution is -0.384. The second-order valence-electron chi connectivity index (χ2n) is 18.1. The number of non-ortho nitro benzene ring substituents is 1. The summed E-state index contributed by atoms with van der Waals surface area (Å²) in [7, 11) is 0. The summed E-state index contributed by atoms with van der Waals surface area (Å²) in [5, 5.41) is 57.6. The van der Waals surface area contributed by atoms with Crippen molar-refractivity contribution in [2.75, 3.05) is 12.3 Å². The first-order chi connectivity index (χ1) is 35.8. The number of aliphatic carboxylic acids is 3. The second-order valence-corrected chi connectivity index (χ2v) is 18.5. The molecule has 0 bridgehead atoms. The molecule has 0 spiro atoms. The minimum atomic E-state index is -1.75. The van der Waals surface area contributed by atoms with Crippen molar-refractivity contribution in [2.24, 2.45) is 5.92 Å². The zero-order chi connectivity index (χ0) is 55.0. The lowest BCUT2D eigenvalue weighted by Gasteiger charge is -2.32. The van der Waals surface area contributed by atoms with E-state index in [-0.39, 0.29) is 30.3 Å². The molecule has 75 heavy (non-hydrogen) atoms. The molecule has 6 atom stereocenters. The van der Waals surface area contributed by atoms with Gasteiger partial charge in [-0.25, -0.2) is 0 Å². The number of carbonyl (C=O) groups excluding carboxylic acids is 7. The van der Waals surface area contributed by atoms with Crippen LogP contribution < -0.4 is 37.2 Å². The minimum Gasteiger partial charge on any atom is -0.481 e. The van der Waals surface area contributed by atoms with Crippen molar-refractivity contribution in [2.45, 2.75) is 126 Å². The van der Waals surface area contributed by atoms with E-state index in [1.807, 2.05) is 0 Å². The molecular formula is C51H64N8O15S. The summed E-state index contributed by atoms with van der Waals surface area (Å²) in [6.07, 6.45) is 1.18. The van der Waals surface area contributed by atoms with E-state index in [0.717, 1.165) is 39.0 Å². The van der Waals surface area contributed by atoms with Crippen LogP contribution in [0.2, 0.25) is 0 Å². The quantitative estimate of drug-likeness (QED) is 0.0259. The van der Waals surface area contributed by atoms with Gasteiger partial charge in [-0.2, -0.15) is 12.6 Å². The molecule has 10 N–H and O–H groups in total. The van der Waals surface area contributed by atoms with E-state index in [0.29, 0.717) is 23.1 Å². The van der Waals surface area contributed by atoms with Crippen molar-refractivity contribution >= 4 is 77.6 Å². The maximum Gasteiger partial charge on any atom is 0.305 e. The standard InChI is InChI=1S/C51H64N8O15S/c1-30(60)53-39(28-43(65)66)50(71)54-37(22-24-42(63)64)48(69)58-45(44(33-13-7-3-8-14-33)34-15-9-4-10-16-34)51(72)55-36(21-23-41(61)62)47(68)56-38(27-32-11-5-2-6-12-32)49(70)57-40(29-75)46(67)52-26-25-31-17-19-35(20-18-31)59(73)74/h3-4,7-10,13-20,32,36-40,44-45,75H,2,5-6,11-12,21-29H2,1H3,(H,52,67)(H,53,60)(H,54,71)(H,55,72)(H,56,68)(H,57,70)(H,58,69)(H,61,62)(H,63,64)(H,65,66)/t36-,37-,38-,39-,40-,45-/m0/s1. The molecule has 0 aliphatic heterocycles. The fourth-order valence-electron chi connectivity index (χ4n) is 8.65. The van der Waals surface area contributed by atoms with E-state index in [4.69, 9.17) is 0 Å². The van der Waals surface area contributed by atoms with Crippen LogP contribution in [0, 0.1) is 16.0 Å². The van der Waals surface area contributed by atoms with Gasteiger partial charge in [-0.3, -0.25) is 58.1 Å². The molecule has 3 aromatic rings. The van der Waals surface area contributed by atoms with Crippen molar-refractivity contribution in [3.05, 3.63) is 112 Å². The number of nitrogens with one attached hydrogen (secondary N) is 7. The van der Waals surface area contributed by atoms with Crippen LogP contribution in [0.15, 0.2) is 84.9 Å².